The van der Waals surface area contributed by atoms with Crippen molar-refractivity contribution in [3.05, 3.63) is 140 Å². The quantitative estimate of drug-likeness (QED) is 0.142. The maximum absolute atomic E-state index is 15.2. The summed E-state index contributed by atoms with van der Waals surface area (Å²) in [7, 11) is 3.36. The topological polar surface area (TPSA) is 140 Å². The minimum absolute atomic E-state index is 0.184. The van der Waals surface area contributed by atoms with Gasteiger partial charge in [-0.3, -0.25) is 24.0 Å². The molecule has 6 aromatic rings. The third-order valence-electron chi connectivity index (χ3n) is 8.52. The van der Waals surface area contributed by atoms with E-state index < -0.39 is 29.4 Å². The molecule has 0 fully saturated rings. The van der Waals surface area contributed by atoms with Crippen LogP contribution in [0, 0.1) is 11.6 Å². The van der Waals surface area contributed by atoms with E-state index in [0.29, 0.717) is 40.5 Å². The van der Waals surface area contributed by atoms with Gasteiger partial charge in [0.15, 0.2) is 6.61 Å². The Morgan fingerprint density at radius 3 is 2.28 bits per heavy atom. The van der Waals surface area contributed by atoms with Crippen LogP contribution in [0.1, 0.15) is 23.7 Å². The van der Waals surface area contributed by atoms with Crippen molar-refractivity contribution in [2.75, 3.05) is 32.6 Å². The third-order valence-corrected chi connectivity index (χ3v) is 9.83. The van der Waals surface area contributed by atoms with Crippen LogP contribution in [0.3, 0.4) is 0 Å². The molecule has 15 heteroatoms. The van der Waals surface area contributed by atoms with Crippen molar-refractivity contribution < 1.29 is 23.1 Å². The van der Waals surface area contributed by atoms with Crippen molar-refractivity contribution in [3.8, 4) is 21.9 Å². The van der Waals surface area contributed by atoms with Crippen molar-refractivity contribution in [2.24, 2.45) is 0 Å². The number of amides is 3. The number of hydrogen-bond donors (Lipinski definition) is 3. The average molecular weight is 754 g/mol. The van der Waals surface area contributed by atoms with Gasteiger partial charge in [0.25, 0.3) is 11.5 Å². The lowest BCUT2D eigenvalue weighted by Crippen LogP contribution is -2.39. The molecular formula is C39H37F2N7O5S. The van der Waals surface area contributed by atoms with E-state index in [1.165, 1.54) is 41.9 Å². The number of carbonyl (C=O) groups excluding carboxylic acids is 2. The second kappa shape index (κ2) is 16.7. The third kappa shape index (κ3) is 8.22. The van der Waals surface area contributed by atoms with Crippen LogP contribution in [-0.4, -0.2) is 58.2 Å². The van der Waals surface area contributed by atoms with Gasteiger partial charge in [-0.15, -0.1) is 11.3 Å². The Kier molecular flexibility index (Phi) is 11.6. The molecule has 0 spiro atoms. The number of aromatic nitrogens is 3. The number of thiophene rings is 1. The van der Waals surface area contributed by atoms with Crippen molar-refractivity contribution in [1.82, 2.24) is 29.7 Å². The SMILES string of the molecule is CCNC(=O)Nc1ccc(-c2sc3c(c2CN(C)Cc2ccccn2)c(=O)n(-c2ccc(OCC(=O)NC)cc2)c(=O)n3Cc2c(F)cccc2F)cc1. The average Bonchev–Trinajstić information content (AvgIpc) is 3.53. The molecule has 0 saturated carbocycles. The number of nitrogens with one attached hydrogen (secondary N) is 3. The fraction of sp³-hybridized carbons (Fsp3) is 0.205. The van der Waals surface area contributed by atoms with Gasteiger partial charge in [-0.25, -0.2) is 22.9 Å². The summed E-state index contributed by atoms with van der Waals surface area (Å²) < 4.78 is 38.0. The molecular weight excluding hydrogens is 717 g/mol. The van der Waals surface area contributed by atoms with Crippen molar-refractivity contribution >= 4 is 39.2 Å². The number of benzene rings is 3. The van der Waals surface area contributed by atoms with Crippen LogP contribution in [0.4, 0.5) is 19.3 Å². The molecule has 3 amide bonds. The summed E-state index contributed by atoms with van der Waals surface area (Å²) in [5.74, 6) is -1.70. The number of halogens is 2. The molecule has 0 radical (unpaired) electrons. The molecule has 3 heterocycles. The van der Waals surface area contributed by atoms with Crippen LogP contribution in [0.5, 0.6) is 5.75 Å². The van der Waals surface area contributed by atoms with Gasteiger partial charge in [-0.05, 0) is 85.8 Å². The monoisotopic (exact) mass is 753 g/mol. The van der Waals surface area contributed by atoms with Crippen molar-refractivity contribution in [1.29, 1.82) is 0 Å². The summed E-state index contributed by atoms with van der Waals surface area (Å²) in [6.07, 6.45) is 1.69. The first-order valence-corrected chi connectivity index (χ1v) is 17.8. The Balaban J connectivity index is 1.56. The highest BCUT2D eigenvalue weighted by Gasteiger charge is 2.26. The van der Waals surface area contributed by atoms with E-state index in [1.54, 1.807) is 30.5 Å². The van der Waals surface area contributed by atoms with Gasteiger partial charge in [0.2, 0.25) is 0 Å². The smallest absolute Gasteiger partial charge is 0.337 e. The van der Waals surface area contributed by atoms with Crippen LogP contribution in [0.25, 0.3) is 26.3 Å². The molecule has 0 aliphatic rings. The maximum Gasteiger partial charge on any atom is 0.337 e. The lowest BCUT2D eigenvalue weighted by Gasteiger charge is -2.18. The van der Waals surface area contributed by atoms with Gasteiger partial charge in [0, 0.05) is 49.0 Å². The number of likely N-dealkylation sites (N-methyl/N-ethyl adjacent to an activating group) is 1. The van der Waals surface area contributed by atoms with Crippen LogP contribution in [-0.2, 0) is 24.4 Å². The normalized spacial score (nSPS) is 11.1. The number of fused-ring (bicyclic) bond motifs is 1. The molecule has 3 N–H and O–H groups in total. The Morgan fingerprint density at radius 2 is 1.63 bits per heavy atom. The number of carbonyl (C=O) groups is 2. The van der Waals surface area contributed by atoms with E-state index in [9.17, 15) is 19.2 Å². The number of urea groups is 1. The highest BCUT2D eigenvalue weighted by Crippen LogP contribution is 2.39. The van der Waals surface area contributed by atoms with E-state index in [-0.39, 0.29) is 46.6 Å². The number of nitrogens with zero attached hydrogens (tertiary/aromatic N) is 4. The summed E-state index contributed by atoms with van der Waals surface area (Å²) in [6, 6.07) is 21.8. The number of rotatable bonds is 13. The molecule has 6 rings (SSSR count). The number of pyridine rings is 1. The number of anilines is 1. The van der Waals surface area contributed by atoms with Crippen LogP contribution in [0.2, 0.25) is 0 Å². The molecule has 12 nitrogen and oxygen atoms in total. The van der Waals surface area contributed by atoms with Gasteiger partial charge < -0.3 is 20.7 Å². The molecule has 0 unspecified atom stereocenters. The number of ether oxygens (including phenoxy) is 1. The lowest BCUT2D eigenvalue weighted by molar-refractivity contribution is -0.122. The zero-order valence-corrected chi connectivity index (χ0v) is 30.5. The Hall–Kier alpha value is -6.19. The first kappa shape index (κ1) is 37.6. The fourth-order valence-corrected chi connectivity index (χ4v) is 7.21. The van der Waals surface area contributed by atoms with Crippen molar-refractivity contribution in [3.63, 3.8) is 0 Å². The molecule has 3 aromatic heterocycles. The van der Waals surface area contributed by atoms with Gasteiger partial charge in [0.1, 0.15) is 22.2 Å². The molecule has 54 heavy (non-hydrogen) atoms. The maximum atomic E-state index is 15.2. The molecule has 278 valence electrons. The van der Waals surface area contributed by atoms with E-state index >= 15 is 8.78 Å². The molecule has 0 aliphatic carbocycles. The van der Waals surface area contributed by atoms with E-state index in [1.807, 2.05) is 37.1 Å². The predicted molar refractivity (Wildman–Crippen MR) is 204 cm³/mol. The van der Waals surface area contributed by atoms with E-state index in [2.05, 4.69) is 20.9 Å². The molecule has 0 aliphatic heterocycles. The summed E-state index contributed by atoms with van der Waals surface area (Å²) in [4.78, 5) is 60.3. The minimum Gasteiger partial charge on any atom is -0.484 e. The summed E-state index contributed by atoms with van der Waals surface area (Å²) in [5, 5.41) is 8.12. The van der Waals surface area contributed by atoms with Gasteiger partial charge >= 0.3 is 11.7 Å². The predicted octanol–water partition coefficient (Wildman–Crippen LogP) is 5.50. The molecule has 0 atom stereocenters. The van der Waals surface area contributed by atoms with Gasteiger partial charge in [0.05, 0.1) is 23.3 Å². The summed E-state index contributed by atoms with van der Waals surface area (Å²) in [5.41, 5.74) is 1.02. The zero-order valence-electron chi connectivity index (χ0n) is 29.7. The standard InChI is InChI=1S/C39H37F2N7O5S/c1-4-43-38(51)45-25-13-11-24(12-14-25)35-30(21-46(3)20-26-8-5-6-19-44-26)34-36(50)48(27-15-17-28(18-16-27)53-23-33(49)42-2)39(52)47(37(34)54-35)22-29-31(40)9-7-10-32(29)41/h5-19H,4,20-23H2,1-3H3,(H,42,49)(H2,43,45,51). The first-order valence-electron chi connectivity index (χ1n) is 17.0. The van der Waals surface area contributed by atoms with Crippen LogP contribution >= 0.6 is 11.3 Å². The lowest BCUT2D eigenvalue weighted by atomic mass is 10.1. The molecule has 0 saturated heterocycles. The largest absolute Gasteiger partial charge is 0.484 e. The first-order chi connectivity index (χ1) is 26.1. The van der Waals surface area contributed by atoms with E-state index in [4.69, 9.17) is 4.74 Å². The number of hydrogen-bond acceptors (Lipinski definition) is 8. The second-order valence-electron chi connectivity index (χ2n) is 12.3. The Bertz CT molecular complexity index is 2390. The Morgan fingerprint density at radius 1 is 0.907 bits per heavy atom. The van der Waals surface area contributed by atoms with E-state index in [0.717, 1.165) is 33.7 Å². The minimum atomic E-state index is -0.840. The molecule has 3 aromatic carbocycles. The van der Waals surface area contributed by atoms with Crippen LogP contribution < -0.4 is 31.9 Å². The molecule has 0 bridgehead atoms. The second-order valence-corrected chi connectivity index (χ2v) is 13.3. The van der Waals surface area contributed by atoms with Gasteiger partial charge in [-0.1, -0.05) is 24.3 Å². The summed E-state index contributed by atoms with van der Waals surface area (Å²) in [6.45, 7) is 2.19. The highest BCUT2D eigenvalue weighted by molar-refractivity contribution is 7.22. The highest BCUT2D eigenvalue weighted by atomic mass is 32.1. The Labute approximate surface area is 312 Å². The zero-order chi connectivity index (χ0) is 38.4. The fourth-order valence-electron chi connectivity index (χ4n) is 5.91. The van der Waals surface area contributed by atoms with Crippen molar-refractivity contribution in [2.45, 2.75) is 26.6 Å². The summed E-state index contributed by atoms with van der Waals surface area (Å²) >= 11 is 1.16. The van der Waals surface area contributed by atoms with Gasteiger partial charge in [-0.2, -0.15) is 0 Å². The van der Waals surface area contributed by atoms with Crippen LogP contribution in [0.15, 0.2) is 101 Å².